The van der Waals surface area contributed by atoms with Crippen molar-refractivity contribution in [3.05, 3.63) is 0 Å². The quantitative estimate of drug-likeness (QED) is 0.118. The molecule has 34 heavy (non-hydrogen) atoms. The second-order valence-electron chi connectivity index (χ2n) is 10.1. The summed E-state index contributed by atoms with van der Waals surface area (Å²) in [5, 5.41) is 0. The Morgan fingerprint density at radius 3 is 1.09 bits per heavy atom. The number of rotatable bonds is 26. The molecule has 204 valence electrons. The molecule has 0 fully saturated rings. The largest absolute Gasteiger partial charge is 0.340 e. The Morgan fingerprint density at radius 1 is 0.441 bits per heavy atom. The van der Waals surface area contributed by atoms with Crippen molar-refractivity contribution < 1.29 is 4.79 Å². The standard InChI is InChI=1S/C30H63N3O/c1-6-11-12-13-14-15-16-17-18-19-20-21-22-23-24-25-30(34)33(28-26-31(7-2)8-3)29-27-32(9-4)10-5/h6-29H2,1-5H3. The predicted molar refractivity (Wildman–Crippen MR) is 152 cm³/mol. The fourth-order valence-corrected chi connectivity index (χ4v) is 4.77. The summed E-state index contributed by atoms with van der Waals surface area (Å²) in [5.74, 6) is 0.369. The first-order chi connectivity index (χ1) is 16.6. The second kappa shape index (κ2) is 25.5. The lowest BCUT2D eigenvalue weighted by Gasteiger charge is -2.29. The van der Waals surface area contributed by atoms with Gasteiger partial charge in [-0.1, -0.05) is 125 Å². The van der Waals surface area contributed by atoms with Crippen LogP contribution < -0.4 is 0 Å². The van der Waals surface area contributed by atoms with Crippen molar-refractivity contribution in [2.45, 2.75) is 137 Å². The van der Waals surface area contributed by atoms with E-state index >= 15 is 0 Å². The number of likely N-dealkylation sites (N-methyl/N-ethyl adjacent to an activating group) is 2. The van der Waals surface area contributed by atoms with E-state index in [1.807, 2.05) is 0 Å². The fraction of sp³-hybridized carbons (Fsp3) is 0.967. The number of unbranched alkanes of at least 4 members (excludes halogenated alkanes) is 14. The number of hydrogen-bond acceptors (Lipinski definition) is 3. The molecule has 0 N–H and O–H groups in total. The topological polar surface area (TPSA) is 26.8 Å². The van der Waals surface area contributed by atoms with Crippen LogP contribution in [0, 0.1) is 0 Å². The Labute approximate surface area is 215 Å². The van der Waals surface area contributed by atoms with E-state index in [0.29, 0.717) is 5.91 Å². The van der Waals surface area contributed by atoms with Gasteiger partial charge in [-0.25, -0.2) is 0 Å². The van der Waals surface area contributed by atoms with E-state index in [-0.39, 0.29) is 0 Å². The summed E-state index contributed by atoms with van der Waals surface area (Å²) in [6, 6.07) is 0. The van der Waals surface area contributed by atoms with Gasteiger partial charge in [0.25, 0.3) is 0 Å². The van der Waals surface area contributed by atoms with Gasteiger partial charge in [0.2, 0.25) is 5.91 Å². The average Bonchev–Trinajstić information content (AvgIpc) is 2.86. The molecule has 0 aliphatic carbocycles. The highest BCUT2D eigenvalue weighted by Gasteiger charge is 2.15. The van der Waals surface area contributed by atoms with Gasteiger partial charge in [0.1, 0.15) is 0 Å². The van der Waals surface area contributed by atoms with Gasteiger partial charge in [-0.15, -0.1) is 0 Å². The minimum absolute atomic E-state index is 0.369. The van der Waals surface area contributed by atoms with Crippen molar-refractivity contribution in [3.8, 4) is 0 Å². The second-order valence-corrected chi connectivity index (χ2v) is 10.1. The summed E-state index contributed by atoms with van der Waals surface area (Å²) in [6.45, 7) is 19.1. The third kappa shape index (κ3) is 19.7. The zero-order valence-electron chi connectivity index (χ0n) is 24.2. The number of hydrogen-bond donors (Lipinski definition) is 0. The van der Waals surface area contributed by atoms with E-state index < -0.39 is 0 Å². The van der Waals surface area contributed by atoms with Gasteiger partial charge in [-0.3, -0.25) is 4.79 Å². The summed E-state index contributed by atoms with van der Waals surface area (Å²) >= 11 is 0. The molecule has 0 aromatic carbocycles. The Kier molecular flexibility index (Phi) is 25.0. The van der Waals surface area contributed by atoms with Crippen LogP contribution in [0.2, 0.25) is 0 Å². The van der Waals surface area contributed by atoms with Gasteiger partial charge in [0.15, 0.2) is 0 Å². The highest BCUT2D eigenvalue weighted by Crippen LogP contribution is 2.14. The molecule has 0 aromatic heterocycles. The lowest BCUT2D eigenvalue weighted by molar-refractivity contribution is -0.131. The van der Waals surface area contributed by atoms with Gasteiger partial charge in [0, 0.05) is 32.6 Å². The van der Waals surface area contributed by atoms with Crippen LogP contribution in [0.5, 0.6) is 0 Å². The molecule has 0 saturated carbocycles. The summed E-state index contributed by atoms with van der Waals surface area (Å²) in [4.78, 5) is 19.9. The number of amides is 1. The van der Waals surface area contributed by atoms with Crippen molar-refractivity contribution in [1.82, 2.24) is 14.7 Å². The molecule has 0 aliphatic heterocycles. The number of nitrogens with zero attached hydrogens (tertiary/aromatic N) is 3. The first-order valence-corrected chi connectivity index (χ1v) is 15.3. The third-order valence-corrected chi connectivity index (χ3v) is 7.51. The lowest BCUT2D eigenvalue weighted by Crippen LogP contribution is -2.42. The molecule has 0 saturated heterocycles. The van der Waals surface area contributed by atoms with E-state index in [1.165, 1.54) is 89.9 Å². The minimum Gasteiger partial charge on any atom is -0.340 e. The predicted octanol–water partition coefficient (Wildman–Crippen LogP) is 7.76. The molecule has 0 radical (unpaired) electrons. The Morgan fingerprint density at radius 2 is 0.765 bits per heavy atom. The molecule has 0 unspecified atom stereocenters. The Balaban J connectivity index is 3.89. The van der Waals surface area contributed by atoms with Crippen LogP contribution in [0.4, 0.5) is 0 Å². The molecule has 0 heterocycles. The molecule has 0 rings (SSSR count). The molecule has 0 bridgehead atoms. The molecule has 1 amide bonds. The van der Waals surface area contributed by atoms with Gasteiger partial charge in [0.05, 0.1) is 0 Å². The van der Waals surface area contributed by atoms with Crippen molar-refractivity contribution in [1.29, 1.82) is 0 Å². The fourth-order valence-electron chi connectivity index (χ4n) is 4.77. The Hall–Kier alpha value is -0.610. The number of carbonyl (C=O) groups excluding carboxylic acids is 1. The average molecular weight is 482 g/mol. The van der Waals surface area contributed by atoms with E-state index in [9.17, 15) is 4.79 Å². The van der Waals surface area contributed by atoms with Gasteiger partial charge < -0.3 is 14.7 Å². The summed E-state index contributed by atoms with van der Waals surface area (Å²) < 4.78 is 0. The van der Waals surface area contributed by atoms with Crippen LogP contribution in [-0.2, 0) is 4.79 Å². The smallest absolute Gasteiger partial charge is 0.222 e. The highest BCUT2D eigenvalue weighted by atomic mass is 16.2. The molecule has 0 aromatic rings. The highest BCUT2D eigenvalue weighted by molar-refractivity contribution is 5.76. The third-order valence-electron chi connectivity index (χ3n) is 7.51. The summed E-state index contributed by atoms with van der Waals surface area (Å²) in [6.07, 6.45) is 21.2. The normalized spacial score (nSPS) is 11.6. The van der Waals surface area contributed by atoms with Gasteiger partial charge >= 0.3 is 0 Å². The molecular weight excluding hydrogens is 418 g/mol. The Bertz CT molecular complexity index is 405. The molecule has 0 spiro atoms. The molecule has 4 heteroatoms. The lowest BCUT2D eigenvalue weighted by atomic mass is 10.0. The maximum absolute atomic E-state index is 12.9. The molecular formula is C30H63N3O. The monoisotopic (exact) mass is 481 g/mol. The first kappa shape index (κ1) is 33.4. The van der Waals surface area contributed by atoms with E-state index in [1.54, 1.807) is 0 Å². The van der Waals surface area contributed by atoms with E-state index in [4.69, 9.17) is 0 Å². The minimum atomic E-state index is 0.369. The summed E-state index contributed by atoms with van der Waals surface area (Å²) in [7, 11) is 0. The van der Waals surface area contributed by atoms with Crippen LogP contribution in [0.15, 0.2) is 0 Å². The maximum atomic E-state index is 12.9. The number of carbonyl (C=O) groups is 1. The van der Waals surface area contributed by atoms with Crippen molar-refractivity contribution >= 4 is 5.91 Å². The van der Waals surface area contributed by atoms with Crippen molar-refractivity contribution in [2.24, 2.45) is 0 Å². The first-order valence-electron chi connectivity index (χ1n) is 15.3. The van der Waals surface area contributed by atoms with Crippen LogP contribution in [0.3, 0.4) is 0 Å². The van der Waals surface area contributed by atoms with Crippen molar-refractivity contribution in [2.75, 3.05) is 52.4 Å². The van der Waals surface area contributed by atoms with Crippen molar-refractivity contribution in [3.63, 3.8) is 0 Å². The van der Waals surface area contributed by atoms with Crippen LogP contribution in [0.1, 0.15) is 137 Å². The zero-order chi connectivity index (χ0) is 25.3. The maximum Gasteiger partial charge on any atom is 0.222 e. The molecule has 4 nitrogen and oxygen atoms in total. The van der Waals surface area contributed by atoms with Crippen LogP contribution in [-0.4, -0.2) is 73.0 Å². The zero-order valence-corrected chi connectivity index (χ0v) is 24.2. The van der Waals surface area contributed by atoms with E-state index in [0.717, 1.165) is 65.2 Å². The van der Waals surface area contributed by atoms with Gasteiger partial charge in [-0.2, -0.15) is 0 Å². The SMILES string of the molecule is CCCCCCCCCCCCCCCCCC(=O)N(CCN(CC)CC)CCN(CC)CC. The van der Waals surface area contributed by atoms with Gasteiger partial charge in [-0.05, 0) is 32.6 Å². The van der Waals surface area contributed by atoms with Crippen LogP contribution >= 0.6 is 0 Å². The van der Waals surface area contributed by atoms with E-state index in [2.05, 4.69) is 49.3 Å². The molecule has 0 atom stereocenters. The molecule has 0 aliphatic rings. The summed E-state index contributed by atoms with van der Waals surface area (Å²) in [5.41, 5.74) is 0. The van der Waals surface area contributed by atoms with Crippen LogP contribution in [0.25, 0.3) is 0 Å².